The lowest BCUT2D eigenvalue weighted by atomic mass is 9.77. The van der Waals surface area contributed by atoms with Crippen molar-refractivity contribution >= 4 is 5.78 Å². The Bertz CT molecular complexity index is 883. The van der Waals surface area contributed by atoms with E-state index in [9.17, 15) is 29.7 Å². The summed E-state index contributed by atoms with van der Waals surface area (Å²) in [6.07, 6.45) is -3.96. The van der Waals surface area contributed by atoms with Gasteiger partial charge in [-0.1, -0.05) is 26.7 Å². The van der Waals surface area contributed by atoms with Crippen LogP contribution in [-0.2, 0) is 9.53 Å². The topological polar surface area (TPSA) is 142 Å². The Morgan fingerprint density at radius 2 is 2.08 bits per heavy atom. The average Bonchev–Trinajstić information content (AvgIpc) is 2.84. The number of aliphatic hydroxyl groups is 3. The summed E-state index contributed by atoms with van der Waals surface area (Å²) in [6, 6.07) is 0. The van der Waals surface area contributed by atoms with Crippen LogP contribution >= 0.6 is 0 Å². The lowest BCUT2D eigenvalue weighted by Gasteiger charge is -2.32. The Hall–Kier alpha value is -2.25. The summed E-state index contributed by atoms with van der Waals surface area (Å²) in [5.41, 5.74) is -4.92. The number of aliphatic hydroxyl groups excluding tert-OH is 2. The number of ketones is 1. The predicted molar refractivity (Wildman–Crippen MR) is 90.3 cm³/mol. The van der Waals surface area contributed by atoms with Crippen molar-refractivity contribution in [2.45, 2.75) is 51.7 Å². The first-order valence-corrected chi connectivity index (χ1v) is 7.96. The van der Waals surface area contributed by atoms with Crippen LogP contribution in [0.2, 0.25) is 0 Å². The standard InChI is InChI=1S/C17H22N2O7/c1-5-6-9-7-19(15(24)18-12(9)21)13(22)10-11(20)17(25,8-26-10)14(23)16(2,3)4/h7,10-11,13,20,22,25H,8H2,1-4H3,(H,18,21,24)/t10-,11+,13?,17+/m0/s1. The highest BCUT2D eigenvalue weighted by molar-refractivity contribution is 5.92. The SMILES string of the molecule is CC#Cc1cn(C(O)[C@H]2OC[C@](O)(C(=O)C(C)(C)C)[C@@H]2O)c(=O)[nH]c1=O. The molecule has 0 amide bonds. The van der Waals surface area contributed by atoms with Crippen molar-refractivity contribution < 1.29 is 24.9 Å². The summed E-state index contributed by atoms with van der Waals surface area (Å²) in [5.74, 6) is 4.33. The number of H-pyrrole nitrogens is 1. The molecule has 2 heterocycles. The molecule has 0 saturated carbocycles. The van der Waals surface area contributed by atoms with E-state index in [1.165, 1.54) is 6.92 Å². The highest BCUT2D eigenvalue weighted by Gasteiger charge is 2.57. The molecule has 142 valence electrons. The number of nitrogens with zero attached hydrogens (tertiary/aromatic N) is 1. The monoisotopic (exact) mass is 366 g/mol. The molecule has 1 aliphatic heterocycles. The fourth-order valence-electron chi connectivity index (χ4n) is 2.83. The van der Waals surface area contributed by atoms with Crippen molar-refractivity contribution in [2.24, 2.45) is 5.41 Å². The zero-order chi connectivity index (χ0) is 19.9. The third-order valence-electron chi connectivity index (χ3n) is 4.18. The van der Waals surface area contributed by atoms with E-state index in [1.807, 2.05) is 4.98 Å². The molecular weight excluding hydrogens is 344 g/mol. The number of ether oxygens (including phenoxy) is 1. The number of nitrogens with one attached hydrogen (secondary N) is 1. The van der Waals surface area contributed by atoms with Crippen LogP contribution < -0.4 is 11.2 Å². The van der Waals surface area contributed by atoms with Gasteiger partial charge in [0.1, 0.15) is 17.8 Å². The van der Waals surface area contributed by atoms with Gasteiger partial charge in [-0.2, -0.15) is 0 Å². The summed E-state index contributed by atoms with van der Waals surface area (Å²) in [4.78, 5) is 38.1. The van der Waals surface area contributed by atoms with Crippen LogP contribution in [0.4, 0.5) is 0 Å². The molecule has 0 aliphatic carbocycles. The molecule has 1 fully saturated rings. The number of carbonyl (C=O) groups excluding carboxylic acids is 1. The second-order valence-corrected chi connectivity index (χ2v) is 7.22. The Kier molecular flexibility index (Phi) is 5.26. The molecule has 1 aromatic heterocycles. The van der Waals surface area contributed by atoms with Crippen LogP contribution in [0.1, 0.15) is 39.5 Å². The van der Waals surface area contributed by atoms with Crippen LogP contribution in [0.15, 0.2) is 15.8 Å². The van der Waals surface area contributed by atoms with Crippen molar-refractivity contribution in [1.82, 2.24) is 9.55 Å². The van der Waals surface area contributed by atoms with Gasteiger partial charge in [-0.15, -0.1) is 5.92 Å². The van der Waals surface area contributed by atoms with Gasteiger partial charge >= 0.3 is 5.69 Å². The Balaban J connectivity index is 2.40. The van der Waals surface area contributed by atoms with Gasteiger partial charge in [-0.3, -0.25) is 19.1 Å². The smallest absolute Gasteiger partial charge is 0.330 e. The summed E-state index contributed by atoms with van der Waals surface area (Å²) in [6.45, 7) is 5.68. The zero-order valence-electron chi connectivity index (χ0n) is 14.9. The van der Waals surface area contributed by atoms with Gasteiger partial charge in [0.15, 0.2) is 17.6 Å². The molecule has 4 atom stereocenters. The van der Waals surface area contributed by atoms with Gasteiger partial charge < -0.3 is 20.1 Å². The maximum absolute atomic E-state index is 12.4. The van der Waals surface area contributed by atoms with Gasteiger partial charge in [0.25, 0.3) is 5.56 Å². The van der Waals surface area contributed by atoms with Gasteiger partial charge in [0.05, 0.1) is 6.61 Å². The normalized spacial score (nSPS) is 26.9. The van der Waals surface area contributed by atoms with E-state index in [4.69, 9.17) is 4.74 Å². The Labute approximate surface area is 149 Å². The van der Waals surface area contributed by atoms with Crippen LogP contribution in [0.3, 0.4) is 0 Å². The van der Waals surface area contributed by atoms with E-state index in [2.05, 4.69) is 11.8 Å². The molecular formula is C17H22N2O7. The van der Waals surface area contributed by atoms with E-state index in [0.29, 0.717) is 0 Å². The number of rotatable bonds is 3. The number of carbonyl (C=O) groups is 1. The fraction of sp³-hybridized carbons (Fsp3) is 0.588. The first-order chi connectivity index (χ1) is 11.9. The van der Waals surface area contributed by atoms with Crippen molar-refractivity contribution in [2.75, 3.05) is 6.61 Å². The van der Waals surface area contributed by atoms with Crippen molar-refractivity contribution in [3.05, 3.63) is 32.6 Å². The molecule has 26 heavy (non-hydrogen) atoms. The minimum atomic E-state index is -2.22. The molecule has 1 aromatic rings. The summed E-state index contributed by atoms with van der Waals surface area (Å²) in [5, 5.41) is 31.5. The molecule has 0 radical (unpaired) electrons. The molecule has 0 spiro atoms. The van der Waals surface area contributed by atoms with E-state index < -0.39 is 53.1 Å². The number of hydrogen-bond donors (Lipinski definition) is 4. The van der Waals surface area contributed by atoms with Crippen LogP contribution in [0, 0.1) is 17.3 Å². The second-order valence-electron chi connectivity index (χ2n) is 7.22. The zero-order valence-corrected chi connectivity index (χ0v) is 14.9. The van der Waals surface area contributed by atoms with E-state index >= 15 is 0 Å². The third-order valence-corrected chi connectivity index (χ3v) is 4.18. The highest BCUT2D eigenvalue weighted by atomic mass is 16.6. The lowest BCUT2D eigenvalue weighted by Crippen LogP contribution is -2.56. The average molecular weight is 366 g/mol. The molecule has 1 saturated heterocycles. The number of aromatic nitrogens is 2. The number of Topliss-reactive ketones (excluding diaryl/α,β-unsaturated/α-hetero) is 1. The molecule has 2 rings (SSSR count). The van der Waals surface area contributed by atoms with E-state index in [-0.39, 0.29) is 5.56 Å². The molecule has 1 unspecified atom stereocenters. The lowest BCUT2D eigenvalue weighted by molar-refractivity contribution is -0.155. The van der Waals surface area contributed by atoms with Crippen molar-refractivity contribution in [1.29, 1.82) is 0 Å². The summed E-state index contributed by atoms with van der Waals surface area (Å²) >= 11 is 0. The summed E-state index contributed by atoms with van der Waals surface area (Å²) in [7, 11) is 0. The molecule has 1 aliphatic rings. The largest absolute Gasteiger partial charge is 0.387 e. The second kappa shape index (κ2) is 6.81. The van der Waals surface area contributed by atoms with Gasteiger partial charge in [-0.05, 0) is 6.92 Å². The molecule has 9 heteroatoms. The van der Waals surface area contributed by atoms with Gasteiger partial charge in [0.2, 0.25) is 0 Å². The Morgan fingerprint density at radius 1 is 1.46 bits per heavy atom. The predicted octanol–water partition coefficient (Wildman–Crippen LogP) is -1.50. The molecule has 9 nitrogen and oxygen atoms in total. The number of hydrogen-bond acceptors (Lipinski definition) is 7. The van der Waals surface area contributed by atoms with Crippen LogP contribution in [0.5, 0.6) is 0 Å². The maximum Gasteiger partial charge on any atom is 0.330 e. The molecule has 0 aromatic carbocycles. The van der Waals surface area contributed by atoms with Crippen molar-refractivity contribution in [3.8, 4) is 11.8 Å². The Morgan fingerprint density at radius 3 is 2.62 bits per heavy atom. The first kappa shape index (κ1) is 20.1. The first-order valence-electron chi connectivity index (χ1n) is 7.96. The van der Waals surface area contributed by atoms with Crippen LogP contribution in [0.25, 0.3) is 0 Å². The van der Waals surface area contributed by atoms with E-state index in [1.54, 1.807) is 20.8 Å². The minimum absolute atomic E-state index is 0.0698. The number of aromatic amines is 1. The minimum Gasteiger partial charge on any atom is -0.387 e. The van der Waals surface area contributed by atoms with Crippen LogP contribution in [-0.4, -0.2) is 55.1 Å². The third kappa shape index (κ3) is 3.37. The maximum atomic E-state index is 12.4. The van der Waals surface area contributed by atoms with Gasteiger partial charge in [0, 0.05) is 11.6 Å². The quantitative estimate of drug-likeness (QED) is 0.477. The van der Waals surface area contributed by atoms with Crippen molar-refractivity contribution in [3.63, 3.8) is 0 Å². The molecule has 0 bridgehead atoms. The highest BCUT2D eigenvalue weighted by Crippen LogP contribution is 2.35. The van der Waals surface area contributed by atoms with Gasteiger partial charge in [-0.25, -0.2) is 4.79 Å². The van der Waals surface area contributed by atoms with E-state index in [0.717, 1.165) is 10.8 Å². The summed E-state index contributed by atoms with van der Waals surface area (Å²) < 4.78 is 5.96. The fourth-order valence-corrected chi connectivity index (χ4v) is 2.83. The molecule has 4 N–H and O–H groups in total.